The summed E-state index contributed by atoms with van der Waals surface area (Å²) in [5, 5.41) is 16.2. The standard InChI is InChI=1S/C32H44NOP/c1-8-9-13-18-32(7,28-21-26(31(4,5)6)20-24(3)30(28)34)35-29-17-16-23(2)19-25(29)22-33-27-14-11-10-12-15-27/h10-12,14-17,19-21,33-35H,8-9,13,18,22H2,1-7H3. The zero-order chi connectivity index (χ0) is 25.6. The van der Waals surface area contributed by atoms with Crippen molar-refractivity contribution in [3.05, 3.63) is 88.5 Å². The molecule has 0 aliphatic rings. The van der Waals surface area contributed by atoms with Crippen LogP contribution in [0.3, 0.4) is 0 Å². The van der Waals surface area contributed by atoms with E-state index in [0.717, 1.165) is 29.8 Å². The van der Waals surface area contributed by atoms with Crippen LogP contribution >= 0.6 is 8.58 Å². The molecule has 0 aromatic heterocycles. The van der Waals surface area contributed by atoms with Gasteiger partial charge in [-0.25, -0.2) is 0 Å². The Labute approximate surface area is 215 Å². The average Bonchev–Trinajstić information content (AvgIpc) is 2.81. The lowest BCUT2D eigenvalue weighted by Crippen LogP contribution is -2.23. The molecule has 3 aromatic rings. The number of anilines is 1. The predicted octanol–water partition coefficient (Wildman–Crippen LogP) is 8.72. The van der Waals surface area contributed by atoms with Crippen LogP contribution < -0.4 is 10.6 Å². The van der Waals surface area contributed by atoms with Crippen molar-refractivity contribution in [2.45, 2.75) is 91.3 Å². The predicted molar refractivity (Wildman–Crippen MR) is 156 cm³/mol. The molecule has 3 aromatic carbocycles. The van der Waals surface area contributed by atoms with Crippen LogP contribution in [0.25, 0.3) is 0 Å². The van der Waals surface area contributed by atoms with Gasteiger partial charge in [-0.2, -0.15) is 0 Å². The minimum atomic E-state index is -0.123. The van der Waals surface area contributed by atoms with Gasteiger partial charge < -0.3 is 10.4 Å². The fourth-order valence-corrected chi connectivity index (χ4v) is 6.38. The molecule has 0 spiro atoms. The van der Waals surface area contributed by atoms with Gasteiger partial charge in [-0.3, -0.25) is 0 Å². The number of hydrogen-bond acceptors (Lipinski definition) is 2. The second-order valence-electron chi connectivity index (χ2n) is 11.2. The third-order valence-electron chi connectivity index (χ3n) is 6.97. The Morgan fingerprint density at radius 2 is 1.60 bits per heavy atom. The summed E-state index contributed by atoms with van der Waals surface area (Å²) in [5.74, 6) is 0.473. The van der Waals surface area contributed by atoms with Crippen LogP contribution in [-0.2, 0) is 17.1 Å². The van der Waals surface area contributed by atoms with E-state index in [0.29, 0.717) is 14.3 Å². The van der Waals surface area contributed by atoms with Crippen LogP contribution in [0.15, 0.2) is 60.7 Å². The van der Waals surface area contributed by atoms with Crippen molar-refractivity contribution in [2.75, 3.05) is 5.32 Å². The molecular weight excluding hydrogens is 445 g/mol. The van der Waals surface area contributed by atoms with Gasteiger partial charge in [-0.1, -0.05) is 117 Å². The van der Waals surface area contributed by atoms with Crippen LogP contribution in [0, 0.1) is 13.8 Å². The Morgan fingerprint density at radius 1 is 0.886 bits per heavy atom. The molecule has 0 radical (unpaired) electrons. The smallest absolute Gasteiger partial charge is 0.122 e. The largest absolute Gasteiger partial charge is 0.507 e. The van der Waals surface area contributed by atoms with Crippen LogP contribution in [0.2, 0.25) is 0 Å². The number of phenolic OH excluding ortho intramolecular Hbond substituents is 1. The third-order valence-corrected chi connectivity index (χ3v) is 8.80. The monoisotopic (exact) mass is 489 g/mol. The number of rotatable bonds is 10. The lowest BCUT2D eigenvalue weighted by Gasteiger charge is -2.34. The highest BCUT2D eigenvalue weighted by Crippen LogP contribution is 2.50. The maximum Gasteiger partial charge on any atom is 0.122 e. The van der Waals surface area contributed by atoms with Crippen molar-refractivity contribution >= 4 is 19.6 Å². The molecule has 2 atom stereocenters. The van der Waals surface area contributed by atoms with E-state index in [2.05, 4.69) is 101 Å². The van der Waals surface area contributed by atoms with Crippen molar-refractivity contribution in [3.63, 3.8) is 0 Å². The Kier molecular flexibility index (Phi) is 9.05. The number of nitrogens with one attached hydrogen (secondary N) is 1. The highest BCUT2D eigenvalue weighted by atomic mass is 31.1. The van der Waals surface area contributed by atoms with Gasteiger partial charge >= 0.3 is 0 Å². The molecule has 2 N–H and O–H groups in total. The number of aromatic hydroxyl groups is 1. The summed E-state index contributed by atoms with van der Waals surface area (Å²) in [5.41, 5.74) is 7.19. The zero-order valence-corrected chi connectivity index (χ0v) is 23.8. The third kappa shape index (κ3) is 7.11. The molecule has 3 heteroatoms. The first kappa shape index (κ1) is 27.3. The molecule has 3 rings (SSSR count). The average molecular weight is 490 g/mol. The van der Waals surface area contributed by atoms with Gasteiger partial charge in [-0.15, -0.1) is 0 Å². The quantitative estimate of drug-likeness (QED) is 0.220. The fraction of sp³-hybridized carbons (Fsp3) is 0.438. The molecule has 2 nitrogen and oxygen atoms in total. The van der Waals surface area contributed by atoms with E-state index in [1.807, 2.05) is 13.0 Å². The molecule has 0 saturated carbocycles. The number of hydrogen-bond donors (Lipinski definition) is 2. The van der Waals surface area contributed by atoms with Gasteiger partial charge in [0.15, 0.2) is 0 Å². The summed E-state index contributed by atoms with van der Waals surface area (Å²) < 4.78 is 0. The second-order valence-corrected chi connectivity index (χ2v) is 13.1. The first-order chi connectivity index (χ1) is 16.5. The summed E-state index contributed by atoms with van der Waals surface area (Å²) >= 11 is 0. The van der Waals surface area contributed by atoms with E-state index in [9.17, 15) is 5.11 Å². The van der Waals surface area contributed by atoms with Crippen LogP contribution in [-0.4, -0.2) is 5.11 Å². The summed E-state index contributed by atoms with van der Waals surface area (Å²) in [4.78, 5) is 0. The molecule has 0 aliphatic carbocycles. The van der Waals surface area contributed by atoms with Gasteiger partial charge in [0.2, 0.25) is 0 Å². The zero-order valence-electron chi connectivity index (χ0n) is 22.8. The number of unbranched alkanes of at least 4 members (excludes halogenated alkanes) is 2. The minimum absolute atomic E-state index is 0.0370. The Balaban J connectivity index is 2.02. The van der Waals surface area contributed by atoms with E-state index in [-0.39, 0.29) is 10.6 Å². The van der Waals surface area contributed by atoms with Crippen molar-refractivity contribution in [1.82, 2.24) is 0 Å². The highest BCUT2D eigenvalue weighted by molar-refractivity contribution is 7.48. The molecule has 0 aliphatic heterocycles. The van der Waals surface area contributed by atoms with Crippen molar-refractivity contribution in [3.8, 4) is 5.75 Å². The van der Waals surface area contributed by atoms with Crippen molar-refractivity contribution < 1.29 is 5.11 Å². The second kappa shape index (κ2) is 11.6. The fourth-order valence-electron chi connectivity index (χ4n) is 4.67. The first-order valence-electron chi connectivity index (χ1n) is 13.0. The lowest BCUT2D eigenvalue weighted by molar-refractivity contribution is 0.444. The van der Waals surface area contributed by atoms with Crippen LogP contribution in [0.4, 0.5) is 5.69 Å². The topological polar surface area (TPSA) is 32.3 Å². The molecule has 0 amide bonds. The van der Waals surface area contributed by atoms with Gasteiger partial charge in [-0.05, 0) is 59.8 Å². The van der Waals surface area contributed by atoms with Gasteiger partial charge in [0.05, 0.1) is 0 Å². The molecule has 188 valence electrons. The summed E-state index contributed by atoms with van der Waals surface area (Å²) in [6.45, 7) is 16.4. The van der Waals surface area contributed by atoms with Gasteiger partial charge in [0, 0.05) is 23.0 Å². The molecule has 35 heavy (non-hydrogen) atoms. The number of phenols is 1. The van der Waals surface area contributed by atoms with E-state index in [4.69, 9.17) is 0 Å². The Bertz CT molecular complexity index is 1120. The Hall–Kier alpha value is -2.31. The van der Waals surface area contributed by atoms with E-state index < -0.39 is 0 Å². The molecule has 0 bridgehead atoms. The lowest BCUT2D eigenvalue weighted by atomic mass is 9.82. The van der Waals surface area contributed by atoms with Gasteiger partial charge in [0.1, 0.15) is 5.75 Å². The van der Waals surface area contributed by atoms with Crippen LogP contribution in [0.1, 0.15) is 88.1 Å². The maximum absolute atomic E-state index is 11.3. The SMILES string of the molecule is CCCCCC(C)(Pc1ccc(C)cc1CNc1ccccc1)c1cc(C(C)(C)C)cc(C)c1O. The molecular formula is C32H44NOP. The maximum atomic E-state index is 11.3. The Morgan fingerprint density at radius 3 is 2.26 bits per heavy atom. The highest BCUT2D eigenvalue weighted by Gasteiger charge is 2.32. The van der Waals surface area contributed by atoms with E-state index in [1.54, 1.807) is 0 Å². The molecule has 2 unspecified atom stereocenters. The summed E-state index contributed by atoms with van der Waals surface area (Å²) in [6, 6.07) is 21.7. The number of para-hydroxylation sites is 1. The molecule has 0 saturated heterocycles. The van der Waals surface area contributed by atoms with Gasteiger partial charge in [0.25, 0.3) is 0 Å². The van der Waals surface area contributed by atoms with Crippen molar-refractivity contribution in [1.29, 1.82) is 0 Å². The van der Waals surface area contributed by atoms with E-state index >= 15 is 0 Å². The summed E-state index contributed by atoms with van der Waals surface area (Å²) in [7, 11) is 0.572. The first-order valence-corrected chi connectivity index (χ1v) is 14.0. The van der Waals surface area contributed by atoms with Crippen LogP contribution in [0.5, 0.6) is 5.75 Å². The normalized spacial score (nSPS) is 13.8. The number of aryl methyl sites for hydroxylation is 2. The minimum Gasteiger partial charge on any atom is -0.507 e. The number of benzene rings is 3. The van der Waals surface area contributed by atoms with E-state index in [1.165, 1.54) is 41.3 Å². The molecule has 0 heterocycles. The summed E-state index contributed by atoms with van der Waals surface area (Å²) in [6.07, 6.45) is 4.65. The van der Waals surface area contributed by atoms with Crippen molar-refractivity contribution in [2.24, 2.45) is 0 Å². The molecule has 0 fully saturated rings.